The first-order valence-electron chi connectivity index (χ1n) is 6.66. The molecule has 0 saturated heterocycles. The Morgan fingerprint density at radius 3 is 2.35 bits per heavy atom. The van der Waals surface area contributed by atoms with Crippen LogP contribution in [0.25, 0.3) is 0 Å². The highest BCUT2D eigenvalue weighted by atomic mass is 79.9. The van der Waals surface area contributed by atoms with Gasteiger partial charge in [0.1, 0.15) is 5.75 Å². The topological polar surface area (TPSA) is 46.2 Å². The molecule has 2 rings (SSSR count). The fourth-order valence-electron chi connectivity index (χ4n) is 2.84. The first-order chi connectivity index (χ1) is 9.30. The van der Waals surface area contributed by atoms with Crippen LogP contribution in [0.3, 0.4) is 0 Å². The Labute approximate surface area is 124 Å². The van der Waals surface area contributed by atoms with Gasteiger partial charge in [-0.1, -0.05) is 35.2 Å². The minimum absolute atomic E-state index is 0.130. The number of phenolic OH excluding ortho intramolecular Hbond substituents is 1. The lowest BCUT2D eigenvalue weighted by atomic mass is 9.81. The van der Waals surface area contributed by atoms with Crippen LogP contribution in [0.4, 0.5) is 13.2 Å². The molecule has 0 aromatic heterocycles. The number of phenols is 1. The molecule has 0 unspecified atom stereocenters. The second-order valence-electron chi connectivity index (χ2n) is 5.31. The third kappa shape index (κ3) is 3.28. The van der Waals surface area contributed by atoms with Gasteiger partial charge in [0.25, 0.3) is 0 Å². The highest BCUT2D eigenvalue weighted by Crippen LogP contribution is 2.43. The van der Waals surface area contributed by atoms with Crippen molar-refractivity contribution in [2.24, 2.45) is 11.7 Å². The van der Waals surface area contributed by atoms with Crippen LogP contribution in [0.5, 0.6) is 5.75 Å². The van der Waals surface area contributed by atoms with Crippen molar-refractivity contribution in [3.05, 3.63) is 27.7 Å². The van der Waals surface area contributed by atoms with Gasteiger partial charge in [-0.05, 0) is 30.9 Å². The van der Waals surface area contributed by atoms with Crippen LogP contribution in [0, 0.1) is 5.92 Å². The fraction of sp³-hybridized carbons (Fsp3) is 0.571. The number of halogens is 4. The average Bonchev–Trinajstić information content (AvgIpc) is 2.40. The summed E-state index contributed by atoms with van der Waals surface area (Å²) >= 11 is 3.07. The van der Waals surface area contributed by atoms with Gasteiger partial charge in [-0.15, -0.1) is 0 Å². The summed E-state index contributed by atoms with van der Waals surface area (Å²) < 4.78 is 39.0. The predicted molar refractivity (Wildman–Crippen MR) is 74.3 cm³/mol. The molecule has 20 heavy (non-hydrogen) atoms. The van der Waals surface area contributed by atoms with E-state index in [4.69, 9.17) is 5.73 Å². The Balaban J connectivity index is 2.38. The molecule has 0 amide bonds. The summed E-state index contributed by atoms with van der Waals surface area (Å²) in [5.41, 5.74) is 5.25. The standard InChI is InChI=1S/C14H17BrF3NO/c15-9-6-10(12(19)8-4-2-1-3-5-8)13(20)11(7-9)14(16,17)18/h6-8,12,20H,1-5,19H2/t12-/m0/s1. The molecule has 1 saturated carbocycles. The van der Waals surface area contributed by atoms with Gasteiger partial charge >= 0.3 is 6.18 Å². The Morgan fingerprint density at radius 2 is 1.80 bits per heavy atom. The molecule has 1 fully saturated rings. The zero-order chi connectivity index (χ0) is 14.9. The van der Waals surface area contributed by atoms with E-state index in [9.17, 15) is 18.3 Å². The smallest absolute Gasteiger partial charge is 0.420 e. The van der Waals surface area contributed by atoms with E-state index in [2.05, 4.69) is 15.9 Å². The van der Waals surface area contributed by atoms with Crippen molar-refractivity contribution in [2.45, 2.75) is 44.3 Å². The minimum Gasteiger partial charge on any atom is -0.507 e. The molecular weight excluding hydrogens is 335 g/mol. The summed E-state index contributed by atoms with van der Waals surface area (Å²) in [6.07, 6.45) is 0.428. The van der Waals surface area contributed by atoms with Gasteiger partial charge in [0.05, 0.1) is 5.56 Å². The van der Waals surface area contributed by atoms with E-state index in [0.717, 1.165) is 38.2 Å². The molecule has 1 aliphatic carbocycles. The molecule has 1 aromatic rings. The summed E-state index contributed by atoms with van der Waals surface area (Å²) in [5, 5.41) is 9.93. The summed E-state index contributed by atoms with van der Waals surface area (Å²) in [6.45, 7) is 0. The van der Waals surface area contributed by atoms with Crippen molar-refractivity contribution in [2.75, 3.05) is 0 Å². The second-order valence-corrected chi connectivity index (χ2v) is 6.23. The number of alkyl halides is 3. The molecule has 6 heteroatoms. The van der Waals surface area contributed by atoms with Crippen molar-refractivity contribution >= 4 is 15.9 Å². The zero-order valence-corrected chi connectivity index (χ0v) is 12.5. The van der Waals surface area contributed by atoms with Crippen LogP contribution in [0.1, 0.15) is 49.3 Å². The Morgan fingerprint density at radius 1 is 1.20 bits per heavy atom. The number of benzene rings is 1. The molecule has 0 radical (unpaired) electrons. The van der Waals surface area contributed by atoms with Crippen molar-refractivity contribution in [3.8, 4) is 5.75 Å². The maximum Gasteiger partial charge on any atom is 0.420 e. The van der Waals surface area contributed by atoms with E-state index in [1.54, 1.807) is 0 Å². The summed E-state index contributed by atoms with van der Waals surface area (Å²) in [7, 11) is 0. The van der Waals surface area contributed by atoms with Crippen molar-refractivity contribution in [1.82, 2.24) is 0 Å². The van der Waals surface area contributed by atoms with Gasteiger partial charge in [0.2, 0.25) is 0 Å². The molecule has 0 bridgehead atoms. The van der Waals surface area contributed by atoms with Gasteiger partial charge < -0.3 is 10.8 Å². The predicted octanol–water partition coefficient (Wildman–Crippen LogP) is 4.75. The third-order valence-electron chi connectivity index (χ3n) is 3.93. The lowest BCUT2D eigenvalue weighted by Crippen LogP contribution is -2.24. The highest BCUT2D eigenvalue weighted by molar-refractivity contribution is 9.10. The van der Waals surface area contributed by atoms with Crippen LogP contribution in [0.2, 0.25) is 0 Å². The Bertz CT molecular complexity index is 484. The SMILES string of the molecule is N[C@H](c1cc(Br)cc(C(F)(F)F)c1O)C1CCCCC1. The van der Waals surface area contributed by atoms with Crippen LogP contribution >= 0.6 is 15.9 Å². The van der Waals surface area contributed by atoms with Gasteiger partial charge in [-0.3, -0.25) is 0 Å². The lowest BCUT2D eigenvalue weighted by Gasteiger charge is -2.29. The number of rotatable bonds is 2. The quantitative estimate of drug-likeness (QED) is 0.807. The first kappa shape index (κ1) is 15.6. The minimum atomic E-state index is -4.59. The zero-order valence-electron chi connectivity index (χ0n) is 10.9. The number of hydrogen-bond donors (Lipinski definition) is 2. The molecule has 0 heterocycles. The van der Waals surface area contributed by atoms with E-state index in [1.165, 1.54) is 6.07 Å². The molecule has 1 aliphatic rings. The largest absolute Gasteiger partial charge is 0.507 e. The van der Waals surface area contributed by atoms with E-state index in [-0.39, 0.29) is 16.0 Å². The molecule has 0 spiro atoms. The Hall–Kier alpha value is -0.750. The third-order valence-corrected chi connectivity index (χ3v) is 4.38. The maximum absolute atomic E-state index is 12.9. The molecular formula is C14H17BrF3NO. The Kier molecular flexibility index (Phi) is 4.64. The van der Waals surface area contributed by atoms with Gasteiger partial charge in [-0.2, -0.15) is 13.2 Å². The highest BCUT2D eigenvalue weighted by Gasteiger charge is 2.36. The van der Waals surface area contributed by atoms with E-state index in [0.29, 0.717) is 0 Å². The molecule has 0 aliphatic heterocycles. The number of nitrogens with two attached hydrogens (primary N) is 1. The molecule has 1 atom stereocenters. The van der Waals surface area contributed by atoms with E-state index >= 15 is 0 Å². The molecule has 1 aromatic carbocycles. The van der Waals surface area contributed by atoms with Crippen molar-refractivity contribution in [3.63, 3.8) is 0 Å². The fourth-order valence-corrected chi connectivity index (χ4v) is 3.31. The normalized spacial score (nSPS) is 19.1. The molecule has 112 valence electrons. The monoisotopic (exact) mass is 351 g/mol. The van der Waals surface area contributed by atoms with Crippen LogP contribution in [0.15, 0.2) is 16.6 Å². The van der Waals surface area contributed by atoms with Gasteiger partial charge in [0, 0.05) is 16.1 Å². The second kappa shape index (κ2) is 5.93. The first-order valence-corrected chi connectivity index (χ1v) is 7.45. The number of aromatic hydroxyl groups is 1. The molecule has 2 nitrogen and oxygen atoms in total. The van der Waals surface area contributed by atoms with Crippen LogP contribution in [-0.2, 0) is 6.18 Å². The summed E-state index contributed by atoms with van der Waals surface area (Å²) in [6, 6.07) is 1.81. The maximum atomic E-state index is 12.9. The van der Waals surface area contributed by atoms with Gasteiger partial charge in [-0.25, -0.2) is 0 Å². The van der Waals surface area contributed by atoms with Crippen molar-refractivity contribution < 1.29 is 18.3 Å². The summed E-state index contributed by atoms with van der Waals surface area (Å²) in [5.74, 6) is -0.608. The van der Waals surface area contributed by atoms with Crippen molar-refractivity contribution in [1.29, 1.82) is 0 Å². The molecule has 3 N–H and O–H groups in total. The van der Waals surface area contributed by atoms with E-state index in [1.807, 2.05) is 0 Å². The summed E-state index contributed by atoms with van der Waals surface area (Å²) in [4.78, 5) is 0. The average molecular weight is 352 g/mol. The lowest BCUT2D eigenvalue weighted by molar-refractivity contribution is -0.138. The van der Waals surface area contributed by atoms with E-state index < -0.39 is 23.5 Å². The number of hydrogen-bond acceptors (Lipinski definition) is 2. The van der Waals surface area contributed by atoms with Crippen LogP contribution < -0.4 is 5.73 Å². The van der Waals surface area contributed by atoms with Crippen LogP contribution in [-0.4, -0.2) is 5.11 Å². The van der Waals surface area contributed by atoms with Gasteiger partial charge in [0.15, 0.2) is 0 Å².